The van der Waals surface area contributed by atoms with Crippen molar-refractivity contribution in [2.75, 3.05) is 5.32 Å². The van der Waals surface area contributed by atoms with Gasteiger partial charge in [0.05, 0.1) is 0 Å². The van der Waals surface area contributed by atoms with Gasteiger partial charge >= 0.3 is 6.03 Å². The van der Waals surface area contributed by atoms with E-state index in [0.717, 1.165) is 0 Å². The van der Waals surface area contributed by atoms with Gasteiger partial charge in [0.15, 0.2) is 0 Å². The average Bonchev–Trinajstić information content (AvgIpc) is 2.27. The zero-order valence-electron chi connectivity index (χ0n) is 8.41. The first kappa shape index (κ1) is 11.0. The quantitative estimate of drug-likeness (QED) is 0.639. The minimum atomic E-state index is -0.469. The predicted molar refractivity (Wildman–Crippen MR) is 57.0 cm³/mol. The molecule has 5 heteroatoms. The summed E-state index contributed by atoms with van der Waals surface area (Å²) in [6.07, 6.45) is 0.325. The third-order valence-electron chi connectivity index (χ3n) is 1.67. The summed E-state index contributed by atoms with van der Waals surface area (Å²) < 4.78 is 0. The molecule has 0 bridgehead atoms. The number of nitrogens with one attached hydrogen (secondary N) is 3. The van der Waals surface area contributed by atoms with Gasteiger partial charge in [0, 0.05) is 12.1 Å². The van der Waals surface area contributed by atoms with Crippen molar-refractivity contribution in [2.45, 2.75) is 13.3 Å². The molecule has 0 spiro atoms. The van der Waals surface area contributed by atoms with Crippen molar-refractivity contribution in [2.24, 2.45) is 0 Å². The van der Waals surface area contributed by atoms with Crippen molar-refractivity contribution in [3.63, 3.8) is 0 Å². The van der Waals surface area contributed by atoms with E-state index < -0.39 is 6.03 Å². The highest BCUT2D eigenvalue weighted by molar-refractivity contribution is 5.90. The number of para-hydroxylation sites is 1. The SMILES string of the molecule is CCC(=O)NNC(=O)Nc1ccccc1. The van der Waals surface area contributed by atoms with Gasteiger partial charge in [-0.25, -0.2) is 10.2 Å². The number of carbonyl (C=O) groups is 2. The molecule has 5 nitrogen and oxygen atoms in total. The Bertz CT molecular complexity index is 338. The number of amides is 3. The molecule has 1 aromatic rings. The second kappa shape index (κ2) is 5.64. The normalized spacial score (nSPS) is 9.13. The molecule has 0 saturated heterocycles. The van der Waals surface area contributed by atoms with Gasteiger partial charge < -0.3 is 5.32 Å². The number of benzene rings is 1. The van der Waals surface area contributed by atoms with E-state index in [1.165, 1.54) is 0 Å². The van der Waals surface area contributed by atoms with Crippen LogP contribution in [0.1, 0.15) is 13.3 Å². The lowest BCUT2D eigenvalue weighted by Gasteiger charge is -2.07. The molecule has 0 aliphatic heterocycles. The fourth-order valence-corrected chi connectivity index (χ4v) is 0.899. The van der Waals surface area contributed by atoms with Gasteiger partial charge in [0.1, 0.15) is 0 Å². The van der Waals surface area contributed by atoms with Crippen molar-refractivity contribution in [3.05, 3.63) is 30.3 Å². The molecular formula is C10H13N3O2. The number of carbonyl (C=O) groups excluding carboxylic acids is 2. The number of anilines is 1. The Morgan fingerprint density at radius 2 is 1.80 bits per heavy atom. The zero-order valence-corrected chi connectivity index (χ0v) is 8.41. The molecule has 1 rings (SSSR count). The summed E-state index contributed by atoms with van der Waals surface area (Å²) in [6.45, 7) is 1.70. The maximum atomic E-state index is 11.2. The molecule has 0 aromatic heterocycles. The van der Waals surface area contributed by atoms with Gasteiger partial charge in [-0.3, -0.25) is 10.2 Å². The summed E-state index contributed by atoms with van der Waals surface area (Å²) in [4.78, 5) is 22.0. The third kappa shape index (κ3) is 4.12. The first-order valence-corrected chi connectivity index (χ1v) is 4.63. The molecule has 0 unspecified atom stereocenters. The Labute approximate surface area is 87.8 Å². The summed E-state index contributed by atoms with van der Waals surface area (Å²) in [5.41, 5.74) is 5.15. The fourth-order valence-electron chi connectivity index (χ4n) is 0.899. The van der Waals surface area contributed by atoms with Crippen LogP contribution in [0.3, 0.4) is 0 Å². The van der Waals surface area contributed by atoms with Gasteiger partial charge in [-0.1, -0.05) is 25.1 Å². The second-order valence-electron chi connectivity index (χ2n) is 2.85. The van der Waals surface area contributed by atoms with E-state index >= 15 is 0 Å². The number of urea groups is 1. The fraction of sp³-hybridized carbons (Fsp3) is 0.200. The summed E-state index contributed by atoms with van der Waals surface area (Å²) in [5, 5.41) is 2.56. The molecule has 15 heavy (non-hydrogen) atoms. The first-order valence-electron chi connectivity index (χ1n) is 4.63. The summed E-state index contributed by atoms with van der Waals surface area (Å²) in [5.74, 6) is -0.238. The van der Waals surface area contributed by atoms with E-state index in [2.05, 4.69) is 16.2 Å². The van der Waals surface area contributed by atoms with Gasteiger partial charge in [-0.05, 0) is 12.1 Å². The molecule has 0 fully saturated rings. The van der Waals surface area contributed by atoms with Gasteiger partial charge in [-0.15, -0.1) is 0 Å². The van der Waals surface area contributed by atoms with E-state index in [1.54, 1.807) is 31.2 Å². The largest absolute Gasteiger partial charge is 0.337 e. The topological polar surface area (TPSA) is 70.2 Å². The Balaban J connectivity index is 2.34. The Morgan fingerprint density at radius 1 is 1.13 bits per heavy atom. The lowest BCUT2D eigenvalue weighted by Crippen LogP contribution is -2.43. The minimum absolute atomic E-state index is 0.238. The summed E-state index contributed by atoms with van der Waals surface area (Å²) >= 11 is 0. The van der Waals surface area contributed by atoms with Crippen LogP contribution in [-0.4, -0.2) is 11.9 Å². The van der Waals surface area contributed by atoms with E-state index in [4.69, 9.17) is 0 Å². The molecule has 0 aliphatic carbocycles. The predicted octanol–water partition coefficient (Wildman–Crippen LogP) is 1.25. The molecule has 0 saturated carbocycles. The van der Waals surface area contributed by atoms with Gasteiger partial charge in [-0.2, -0.15) is 0 Å². The highest BCUT2D eigenvalue weighted by atomic mass is 16.2. The Morgan fingerprint density at radius 3 is 2.40 bits per heavy atom. The maximum Gasteiger partial charge on any atom is 0.337 e. The van der Waals surface area contributed by atoms with E-state index in [1.807, 2.05) is 6.07 Å². The zero-order chi connectivity index (χ0) is 11.1. The lowest BCUT2D eigenvalue weighted by molar-refractivity contribution is -0.121. The number of hydrogen-bond acceptors (Lipinski definition) is 2. The maximum absolute atomic E-state index is 11.2. The smallest absolute Gasteiger partial charge is 0.307 e. The lowest BCUT2D eigenvalue weighted by atomic mass is 10.3. The molecule has 0 atom stereocenters. The van der Waals surface area contributed by atoms with Gasteiger partial charge in [0.25, 0.3) is 0 Å². The number of hydrogen-bond donors (Lipinski definition) is 3. The van der Waals surface area contributed by atoms with Crippen LogP contribution < -0.4 is 16.2 Å². The van der Waals surface area contributed by atoms with Crippen LogP contribution in [0.2, 0.25) is 0 Å². The molecule has 0 aliphatic rings. The van der Waals surface area contributed by atoms with E-state index in [9.17, 15) is 9.59 Å². The van der Waals surface area contributed by atoms with Gasteiger partial charge in [0.2, 0.25) is 5.91 Å². The molecule has 3 amide bonds. The van der Waals surface area contributed by atoms with Crippen molar-refractivity contribution in [3.8, 4) is 0 Å². The Hall–Kier alpha value is -2.04. The monoisotopic (exact) mass is 207 g/mol. The minimum Gasteiger partial charge on any atom is -0.307 e. The Kier molecular flexibility index (Phi) is 4.15. The molecule has 1 aromatic carbocycles. The average molecular weight is 207 g/mol. The molecular weight excluding hydrogens is 194 g/mol. The van der Waals surface area contributed by atoms with Crippen molar-refractivity contribution in [1.82, 2.24) is 10.9 Å². The summed E-state index contributed by atoms with van der Waals surface area (Å²) in [6, 6.07) is 8.49. The van der Waals surface area contributed by atoms with Crippen LogP contribution in [0.5, 0.6) is 0 Å². The van der Waals surface area contributed by atoms with Crippen LogP contribution in [0.25, 0.3) is 0 Å². The van der Waals surface area contributed by atoms with Crippen LogP contribution >= 0.6 is 0 Å². The summed E-state index contributed by atoms with van der Waals surface area (Å²) in [7, 11) is 0. The van der Waals surface area contributed by atoms with Crippen LogP contribution in [-0.2, 0) is 4.79 Å². The van der Waals surface area contributed by atoms with Crippen LogP contribution in [0, 0.1) is 0 Å². The third-order valence-corrected chi connectivity index (χ3v) is 1.67. The van der Waals surface area contributed by atoms with E-state index in [-0.39, 0.29) is 5.91 Å². The van der Waals surface area contributed by atoms with Crippen LogP contribution in [0.4, 0.5) is 10.5 Å². The van der Waals surface area contributed by atoms with Crippen molar-refractivity contribution < 1.29 is 9.59 Å². The van der Waals surface area contributed by atoms with Crippen molar-refractivity contribution in [1.29, 1.82) is 0 Å². The standard InChI is InChI=1S/C10H13N3O2/c1-2-9(14)12-13-10(15)11-8-6-4-3-5-7-8/h3-7H,2H2,1H3,(H,12,14)(H2,11,13,15). The van der Waals surface area contributed by atoms with Crippen molar-refractivity contribution >= 4 is 17.6 Å². The van der Waals surface area contributed by atoms with Crippen LogP contribution in [0.15, 0.2) is 30.3 Å². The molecule has 0 radical (unpaired) electrons. The number of hydrazine groups is 1. The highest BCUT2D eigenvalue weighted by Crippen LogP contribution is 2.03. The molecule has 3 N–H and O–H groups in total. The van der Waals surface area contributed by atoms with E-state index in [0.29, 0.717) is 12.1 Å². The first-order chi connectivity index (χ1) is 7.22. The highest BCUT2D eigenvalue weighted by Gasteiger charge is 2.01. The molecule has 0 heterocycles. The molecule has 80 valence electrons. The number of rotatable bonds is 2. The second-order valence-corrected chi connectivity index (χ2v) is 2.85.